The number of hydrogen-bond donors (Lipinski definition) is 5. The van der Waals surface area contributed by atoms with Gasteiger partial charge in [0.05, 0.1) is 26.1 Å². The van der Waals surface area contributed by atoms with Crippen LogP contribution in [0, 0.1) is 0 Å². The number of aliphatic carboxylic acids is 3. The minimum absolute atomic E-state index is 0.691. The lowest BCUT2D eigenvalue weighted by molar-refractivity contribution is -0.182. The molecule has 0 aromatic rings. The fourth-order valence-electron chi connectivity index (χ4n) is 1.17. The van der Waals surface area contributed by atoms with E-state index in [1.807, 2.05) is 0 Å². The summed E-state index contributed by atoms with van der Waals surface area (Å²) in [6, 6.07) is 0. The van der Waals surface area contributed by atoms with Crippen LogP contribution in [0.25, 0.3) is 0 Å². The number of aliphatic hydroxyl groups is 2. The predicted octanol–water partition coefficient (Wildman–Crippen LogP) is -1.87. The van der Waals surface area contributed by atoms with Gasteiger partial charge in [-0.25, -0.2) is 4.79 Å². The third-order valence-electron chi connectivity index (χ3n) is 2.03. The van der Waals surface area contributed by atoms with Gasteiger partial charge in [-0.1, -0.05) is 0 Å². The van der Waals surface area contributed by atoms with E-state index in [2.05, 4.69) is 0 Å². The molecule has 9 nitrogen and oxygen atoms in total. The minimum atomic E-state index is -2.48. The number of aliphatic hydroxyl groups excluding tert-OH is 2. The minimum Gasteiger partial charge on any atom is -0.481 e. The molecule has 0 spiro atoms. The number of hydrogen-bond acceptors (Lipinski definition) is 6. The van der Waals surface area contributed by atoms with Crippen molar-refractivity contribution in [1.82, 2.24) is 0 Å². The van der Waals surface area contributed by atoms with Crippen molar-refractivity contribution in [3.63, 3.8) is 0 Å². The smallest absolute Gasteiger partial charge is 0.337 e. The zero-order valence-corrected chi connectivity index (χ0v) is 9.27. The van der Waals surface area contributed by atoms with Gasteiger partial charge in [0.25, 0.3) is 0 Å². The molecule has 9 heteroatoms. The normalized spacial score (nSPS) is 13.0. The Balaban J connectivity index is 5.00. The molecule has 0 aliphatic heterocycles. The van der Waals surface area contributed by atoms with Gasteiger partial charge in [-0.15, -0.1) is 0 Å². The van der Waals surface area contributed by atoms with Crippen LogP contribution in [0.2, 0.25) is 0 Å². The molecular formula is C9H14O9. The molecule has 0 radical (unpaired) electrons. The molecule has 0 aromatic heterocycles. The highest BCUT2D eigenvalue weighted by molar-refractivity contribution is 5.88. The Morgan fingerprint density at radius 1 is 1.06 bits per heavy atom. The molecule has 0 amide bonds. The highest BCUT2D eigenvalue weighted by Gasteiger charge is 2.44. The third-order valence-corrected chi connectivity index (χ3v) is 2.03. The molecule has 18 heavy (non-hydrogen) atoms. The van der Waals surface area contributed by atoms with E-state index in [0.717, 1.165) is 0 Å². The summed E-state index contributed by atoms with van der Waals surface area (Å²) in [5.74, 6) is -4.88. The van der Waals surface area contributed by atoms with Crippen LogP contribution in [0.5, 0.6) is 0 Å². The first kappa shape index (κ1) is 16.3. The lowest BCUT2D eigenvalue weighted by Crippen LogP contribution is -2.47. The molecule has 0 bridgehead atoms. The summed E-state index contributed by atoms with van der Waals surface area (Å²) in [5.41, 5.74) is -2.48. The highest BCUT2D eigenvalue weighted by atomic mass is 16.5. The van der Waals surface area contributed by atoms with Gasteiger partial charge in [-0.05, 0) is 0 Å². The van der Waals surface area contributed by atoms with Gasteiger partial charge >= 0.3 is 17.9 Å². The number of rotatable bonds is 9. The van der Waals surface area contributed by atoms with Crippen molar-refractivity contribution in [1.29, 1.82) is 0 Å². The SMILES string of the molecule is O=C(O)CC(CC(=O)O)(OCC(O)CO)C(=O)O. The van der Waals surface area contributed by atoms with Crippen LogP contribution in [-0.4, -0.2) is 68.4 Å². The largest absolute Gasteiger partial charge is 0.481 e. The Hall–Kier alpha value is -1.71. The van der Waals surface area contributed by atoms with E-state index in [9.17, 15) is 14.4 Å². The maximum absolute atomic E-state index is 11.0. The Kier molecular flexibility index (Phi) is 6.23. The summed E-state index contributed by atoms with van der Waals surface area (Å²) in [7, 11) is 0. The lowest BCUT2D eigenvalue weighted by atomic mass is 9.95. The molecule has 0 aromatic carbocycles. The van der Waals surface area contributed by atoms with Crippen LogP contribution in [0.3, 0.4) is 0 Å². The third kappa shape index (κ3) is 5.08. The summed E-state index contributed by atoms with van der Waals surface area (Å²) in [6.07, 6.45) is -3.58. The number of carboxylic acids is 3. The van der Waals surface area contributed by atoms with E-state index in [0.29, 0.717) is 0 Å². The predicted molar refractivity (Wildman–Crippen MR) is 53.9 cm³/mol. The zero-order valence-electron chi connectivity index (χ0n) is 9.27. The quantitative estimate of drug-likeness (QED) is 0.321. The van der Waals surface area contributed by atoms with E-state index >= 15 is 0 Å². The van der Waals surface area contributed by atoms with Gasteiger partial charge in [0.1, 0.15) is 6.10 Å². The molecule has 0 aliphatic carbocycles. The summed E-state index contributed by atoms with van der Waals surface area (Å²) in [4.78, 5) is 32.1. The zero-order chi connectivity index (χ0) is 14.3. The topological polar surface area (TPSA) is 162 Å². The maximum atomic E-state index is 11.0. The molecule has 1 unspecified atom stereocenters. The van der Waals surface area contributed by atoms with Crippen molar-refractivity contribution in [3.8, 4) is 0 Å². The Morgan fingerprint density at radius 2 is 1.50 bits per heavy atom. The molecular weight excluding hydrogens is 252 g/mol. The summed E-state index contributed by atoms with van der Waals surface area (Å²) in [6.45, 7) is -1.42. The fraction of sp³-hybridized carbons (Fsp3) is 0.667. The Bertz CT molecular complexity index is 308. The lowest BCUT2D eigenvalue weighted by Gasteiger charge is -2.27. The Labute approximate surface area is 101 Å². The van der Waals surface area contributed by atoms with Crippen molar-refractivity contribution in [2.24, 2.45) is 0 Å². The van der Waals surface area contributed by atoms with Gasteiger partial charge in [0.15, 0.2) is 5.60 Å². The van der Waals surface area contributed by atoms with E-state index < -0.39 is 55.7 Å². The first-order valence-electron chi connectivity index (χ1n) is 4.83. The average Bonchev–Trinajstić information content (AvgIpc) is 2.23. The summed E-state index contributed by atoms with van der Waals surface area (Å²) < 4.78 is 4.69. The first-order chi connectivity index (χ1) is 8.23. The van der Waals surface area contributed by atoms with Crippen molar-refractivity contribution >= 4 is 17.9 Å². The van der Waals surface area contributed by atoms with Gasteiger partial charge in [-0.3, -0.25) is 9.59 Å². The fourth-order valence-corrected chi connectivity index (χ4v) is 1.17. The maximum Gasteiger partial charge on any atom is 0.337 e. The molecule has 104 valence electrons. The van der Waals surface area contributed by atoms with E-state index in [-0.39, 0.29) is 0 Å². The standard InChI is InChI=1S/C9H14O9/c10-3-5(11)4-18-9(8(16)17,1-6(12)13)2-7(14)15/h5,10-11H,1-4H2,(H,12,13)(H,14,15)(H,16,17). The number of ether oxygens (including phenoxy) is 1. The second-order valence-electron chi connectivity index (χ2n) is 3.59. The molecule has 5 N–H and O–H groups in total. The van der Waals surface area contributed by atoms with Gasteiger partial charge < -0.3 is 30.3 Å². The van der Waals surface area contributed by atoms with Crippen LogP contribution < -0.4 is 0 Å². The summed E-state index contributed by atoms with van der Waals surface area (Å²) in [5, 5.41) is 43.6. The molecule has 0 saturated carbocycles. The number of carbonyl (C=O) groups is 3. The molecule has 0 rings (SSSR count). The molecule has 0 saturated heterocycles. The average molecular weight is 266 g/mol. The molecule has 0 fully saturated rings. The second kappa shape index (κ2) is 6.89. The van der Waals surface area contributed by atoms with Crippen LogP contribution >= 0.6 is 0 Å². The van der Waals surface area contributed by atoms with E-state index in [4.69, 9.17) is 30.3 Å². The van der Waals surface area contributed by atoms with Crippen LogP contribution in [0.4, 0.5) is 0 Å². The first-order valence-corrected chi connectivity index (χ1v) is 4.83. The van der Waals surface area contributed by atoms with Crippen molar-refractivity contribution < 1.29 is 44.7 Å². The molecule has 0 heterocycles. The second-order valence-corrected chi connectivity index (χ2v) is 3.59. The van der Waals surface area contributed by atoms with Gasteiger partial charge in [0, 0.05) is 0 Å². The van der Waals surface area contributed by atoms with Crippen molar-refractivity contribution in [2.45, 2.75) is 24.5 Å². The monoisotopic (exact) mass is 266 g/mol. The van der Waals surface area contributed by atoms with Gasteiger partial charge in [-0.2, -0.15) is 0 Å². The van der Waals surface area contributed by atoms with Crippen LogP contribution in [-0.2, 0) is 19.1 Å². The number of carboxylic acid groups (broad SMARTS) is 3. The van der Waals surface area contributed by atoms with Crippen molar-refractivity contribution in [2.75, 3.05) is 13.2 Å². The molecule has 0 aliphatic rings. The van der Waals surface area contributed by atoms with E-state index in [1.54, 1.807) is 0 Å². The van der Waals surface area contributed by atoms with Crippen molar-refractivity contribution in [3.05, 3.63) is 0 Å². The summed E-state index contributed by atoms with van der Waals surface area (Å²) >= 11 is 0. The molecule has 1 atom stereocenters. The van der Waals surface area contributed by atoms with Crippen LogP contribution in [0.15, 0.2) is 0 Å². The highest BCUT2D eigenvalue weighted by Crippen LogP contribution is 2.22. The Morgan fingerprint density at radius 3 is 1.78 bits per heavy atom. The van der Waals surface area contributed by atoms with Crippen LogP contribution in [0.1, 0.15) is 12.8 Å². The van der Waals surface area contributed by atoms with E-state index in [1.165, 1.54) is 0 Å². The van der Waals surface area contributed by atoms with Gasteiger partial charge in [0.2, 0.25) is 0 Å².